The van der Waals surface area contributed by atoms with Gasteiger partial charge in [-0.25, -0.2) is 0 Å². The summed E-state index contributed by atoms with van der Waals surface area (Å²) in [5, 5.41) is 10.8. The summed E-state index contributed by atoms with van der Waals surface area (Å²) < 4.78 is 41.9. The number of benzene rings is 2. The zero-order chi connectivity index (χ0) is 28.7. The van der Waals surface area contributed by atoms with E-state index in [4.69, 9.17) is 34.8 Å². The first-order chi connectivity index (χ1) is 18.2. The molecule has 0 unspecified atom stereocenters. The smallest absolute Gasteiger partial charge is 0.371 e. The van der Waals surface area contributed by atoms with Crippen molar-refractivity contribution in [1.82, 2.24) is 9.80 Å². The van der Waals surface area contributed by atoms with E-state index in [1.54, 1.807) is 26.2 Å². The molecule has 2 saturated heterocycles. The zero-order valence-corrected chi connectivity index (χ0v) is 23.7. The van der Waals surface area contributed by atoms with Gasteiger partial charge in [-0.3, -0.25) is 9.59 Å². The van der Waals surface area contributed by atoms with Gasteiger partial charge in [0.1, 0.15) is 0 Å². The second-order valence-electron chi connectivity index (χ2n) is 10.5. The Bertz CT molecular complexity index is 1230. The number of piperidine rings is 1. The highest BCUT2D eigenvalue weighted by molar-refractivity contribution is 6.35. The third-order valence-corrected chi connectivity index (χ3v) is 8.23. The van der Waals surface area contributed by atoms with Crippen molar-refractivity contribution in [3.8, 4) is 0 Å². The van der Waals surface area contributed by atoms with E-state index in [-0.39, 0.29) is 35.0 Å². The third kappa shape index (κ3) is 6.11. The molecule has 0 saturated carbocycles. The summed E-state index contributed by atoms with van der Waals surface area (Å²) in [6.45, 7) is 1.84. The number of hydrogen-bond donors (Lipinski definition) is 1. The van der Waals surface area contributed by atoms with E-state index in [1.807, 2.05) is 6.07 Å². The van der Waals surface area contributed by atoms with Crippen molar-refractivity contribution >= 4 is 52.3 Å². The molecule has 1 N–H and O–H groups in total. The molecule has 2 aliphatic heterocycles. The van der Waals surface area contributed by atoms with Crippen molar-refractivity contribution in [3.63, 3.8) is 0 Å². The Kier molecular flexibility index (Phi) is 8.67. The highest BCUT2D eigenvalue weighted by atomic mass is 35.5. The highest BCUT2D eigenvalue weighted by Gasteiger charge is 2.63. The van der Waals surface area contributed by atoms with E-state index >= 15 is 0 Å². The van der Waals surface area contributed by atoms with Crippen LogP contribution in [0.3, 0.4) is 0 Å². The lowest BCUT2D eigenvalue weighted by Crippen LogP contribution is -2.61. The van der Waals surface area contributed by atoms with Crippen molar-refractivity contribution in [2.75, 3.05) is 45.2 Å². The van der Waals surface area contributed by atoms with E-state index in [0.29, 0.717) is 16.5 Å². The molecule has 0 spiro atoms. The molecular weight excluding hydrogens is 578 g/mol. The van der Waals surface area contributed by atoms with Crippen LogP contribution in [0.25, 0.3) is 0 Å². The Labute approximate surface area is 240 Å². The van der Waals surface area contributed by atoms with E-state index in [2.05, 4.69) is 4.90 Å². The van der Waals surface area contributed by atoms with Crippen LogP contribution in [0.4, 0.5) is 18.9 Å². The molecule has 1 atom stereocenters. The molecule has 212 valence electrons. The number of nitrogens with zero attached hydrogens (tertiary/aromatic N) is 3. The van der Waals surface area contributed by atoms with E-state index in [9.17, 15) is 27.9 Å². The minimum Gasteiger partial charge on any atom is -0.371 e. The molecule has 0 bridgehead atoms. The minimum absolute atomic E-state index is 0.0525. The molecule has 2 aromatic rings. The average Bonchev–Trinajstić information content (AvgIpc) is 2.83. The second-order valence-corrected chi connectivity index (χ2v) is 11.8. The van der Waals surface area contributed by atoms with Gasteiger partial charge >= 0.3 is 6.18 Å². The Morgan fingerprint density at radius 1 is 0.974 bits per heavy atom. The number of carbonyl (C=O) groups is 2. The van der Waals surface area contributed by atoms with Crippen LogP contribution < -0.4 is 4.90 Å². The summed E-state index contributed by atoms with van der Waals surface area (Å²) in [5.41, 5.74) is -3.05. The summed E-state index contributed by atoms with van der Waals surface area (Å²) in [5.74, 6) is -1.17. The lowest BCUT2D eigenvalue weighted by molar-refractivity contribution is -0.264. The topological polar surface area (TPSA) is 64.1 Å². The fourth-order valence-electron chi connectivity index (χ4n) is 5.30. The van der Waals surface area contributed by atoms with Crippen LogP contribution >= 0.6 is 34.8 Å². The molecule has 6 nitrogen and oxygen atoms in total. The second kappa shape index (κ2) is 11.4. The van der Waals surface area contributed by atoms with Gasteiger partial charge in [0.2, 0.25) is 0 Å². The lowest BCUT2D eigenvalue weighted by Gasteiger charge is -2.45. The van der Waals surface area contributed by atoms with Crippen LogP contribution in [-0.2, 0) is 10.4 Å². The van der Waals surface area contributed by atoms with Gasteiger partial charge in [0.05, 0.1) is 10.6 Å². The summed E-state index contributed by atoms with van der Waals surface area (Å²) in [4.78, 5) is 29.8. The molecule has 2 heterocycles. The van der Waals surface area contributed by atoms with Crippen molar-refractivity contribution < 1.29 is 27.9 Å². The van der Waals surface area contributed by atoms with Crippen molar-refractivity contribution in [1.29, 1.82) is 0 Å². The number of anilines is 1. The molecule has 0 aliphatic carbocycles. The van der Waals surface area contributed by atoms with Gasteiger partial charge < -0.3 is 19.8 Å². The van der Waals surface area contributed by atoms with E-state index < -0.39 is 23.2 Å². The molecular formula is C27H29Cl3F3N3O3. The number of alkyl halides is 3. The SMILES string of the molecule is CN(C)C(=O)c1ccc(N2CCC(CC3CN(C(=O)[C@](O)(c4cc(Cl)cc(Cl)c4)C(F)(F)F)C3)CC2)cc1Cl. The molecule has 0 radical (unpaired) electrons. The van der Waals surface area contributed by atoms with Crippen LogP contribution in [0.15, 0.2) is 36.4 Å². The number of aliphatic hydroxyl groups is 1. The average molecular weight is 607 g/mol. The largest absolute Gasteiger partial charge is 0.430 e. The van der Waals surface area contributed by atoms with Gasteiger partial charge in [0.25, 0.3) is 17.4 Å². The van der Waals surface area contributed by atoms with Gasteiger partial charge in [-0.2, -0.15) is 13.2 Å². The van der Waals surface area contributed by atoms with Crippen LogP contribution in [0.2, 0.25) is 15.1 Å². The minimum atomic E-state index is -5.25. The summed E-state index contributed by atoms with van der Waals surface area (Å²) in [7, 11) is 3.33. The molecule has 12 heteroatoms. The first-order valence-electron chi connectivity index (χ1n) is 12.5. The van der Waals surface area contributed by atoms with Crippen molar-refractivity contribution in [3.05, 3.63) is 62.6 Å². The number of amides is 2. The van der Waals surface area contributed by atoms with Gasteiger partial charge in [-0.1, -0.05) is 34.8 Å². The van der Waals surface area contributed by atoms with Gasteiger partial charge in [0, 0.05) is 61.6 Å². The van der Waals surface area contributed by atoms with Crippen molar-refractivity contribution in [2.24, 2.45) is 11.8 Å². The first-order valence-corrected chi connectivity index (χ1v) is 13.6. The van der Waals surface area contributed by atoms with Crippen LogP contribution in [0.5, 0.6) is 0 Å². The summed E-state index contributed by atoms with van der Waals surface area (Å²) >= 11 is 18.0. The highest BCUT2D eigenvalue weighted by Crippen LogP contribution is 2.44. The Morgan fingerprint density at radius 2 is 1.56 bits per heavy atom. The maximum atomic E-state index is 14.0. The standard InChI is InChI=1S/C27H29Cl3F3N3O3/c1-34(2)24(37)22-4-3-21(13-23(22)30)35-7-5-16(6-8-35)9-17-14-36(15-17)25(38)26(39,27(31,32)33)18-10-19(28)12-20(29)11-18/h3-4,10-13,16-17,39H,5-9,14-15H2,1-2H3/t26-/m1/s1. The monoisotopic (exact) mass is 605 g/mol. The predicted octanol–water partition coefficient (Wildman–Crippen LogP) is 5.86. The predicted molar refractivity (Wildman–Crippen MR) is 146 cm³/mol. The van der Waals surface area contributed by atoms with Crippen LogP contribution in [-0.4, -0.2) is 73.2 Å². The Hall–Kier alpha value is -2.20. The van der Waals surface area contributed by atoms with Gasteiger partial charge in [0.15, 0.2) is 0 Å². The molecule has 2 aliphatic rings. The van der Waals surface area contributed by atoms with Crippen LogP contribution in [0, 0.1) is 11.8 Å². The van der Waals surface area contributed by atoms with Gasteiger partial charge in [-0.05, 0) is 67.5 Å². The number of carbonyl (C=O) groups excluding carboxylic acids is 2. The number of likely N-dealkylation sites (tertiary alicyclic amines) is 1. The fourth-order valence-corrected chi connectivity index (χ4v) is 6.08. The third-order valence-electron chi connectivity index (χ3n) is 7.48. The number of rotatable bonds is 6. The Morgan fingerprint density at radius 3 is 2.08 bits per heavy atom. The maximum absolute atomic E-state index is 14.0. The molecule has 0 aromatic heterocycles. The quantitative estimate of drug-likeness (QED) is 0.447. The van der Waals surface area contributed by atoms with Crippen LogP contribution in [0.1, 0.15) is 35.2 Å². The van der Waals surface area contributed by atoms with Crippen molar-refractivity contribution in [2.45, 2.75) is 31.0 Å². The molecule has 2 aromatic carbocycles. The summed E-state index contributed by atoms with van der Waals surface area (Å²) in [6, 6.07) is 8.45. The lowest BCUT2D eigenvalue weighted by atomic mass is 9.82. The van der Waals surface area contributed by atoms with E-state index in [0.717, 1.165) is 55.1 Å². The van der Waals surface area contributed by atoms with Gasteiger partial charge in [-0.15, -0.1) is 0 Å². The molecule has 2 fully saturated rings. The zero-order valence-electron chi connectivity index (χ0n) is 21.4. The first kappa shape index (κ1) is 29.8. The molecule has 2 amide bonds. The number of halogens is 6. The molecule has 4 rings (SSSR count). The summed E-state index contributed by atoms with van der Waals surface area (Å²) in [6.07, 6.45) is -2.71. The fraction of sp³-hybridized carbons (Fsp3) is 0.481. The molecule has 39 heavy (non-hydrogen) atoms. The van der Waals surface area contributed by atoms with E-state index in [1.165, 1.54) is 11.0 Å². The Balaban J connectivity index is 1.32. The maximum Gasteiger partial charge on any atom is 0.430 e. The number of hydrogen-bond acceptors (Lipinski definition) is 4. The normalized spacial score (nSPS) is 18.5.